The van der Waals surface area contributed by atoms with E-state index in [4.69, 9.17) is 11.6 Å². The summed E-state index contributed by atoms with van der Waals surface area (Å²) >= 11 is 11.2. The number of nitrogens with zero attached hydrogens (tertiary/aromatic N) is 3. The SMILES string of the molecule is CCn1c(=O)/c(=C2\Sc3c(Cl)cccc3N2C)s/c1=C\c1scc[n+]1CC. The molecule has 0 unspecified atom stereocenters. The molecule has 27 heavy (non-hydrogen) atoms. The van der Waals surface area contributed by atoms with Crippen LogP contribution in [0.5, 0.6) is 0 Å². The van der Waals surface area contributed by atoms with E-state index in [0.29, 0.717) is 6.54 Å². The van der Waals surface area contributed by atoms with Crippen LogP contribution in [0.1, 0.15) is 18.9 Å². The Hall–Kier alpha value is -1.54. The fraction of sp³-hybridized carbons (Fsp3) is 0.263. The van der Waals surface area contributed by atoms with Gasteiger partial charge in [-0.1, -0.05) is 40.8 Å². The topological polar surface area (TPSA) is 29.1 Å². The number of hydrogen-bond donors (Lipinski definition) is 0. The zero-order chi connectivity index (χ0) is 19.1. The summed E-state index contributed by atoms with van der Waals surface area (Å²) in [5, 5.41) is 4.90. The van der Waals surface area contributed by atoms with Crippen LogP contribution < -0.4 is 24.2 Å². The number of thiazole rings is 2. The average Bonchev–Trinajstić information content (AvgIpc) is 3.33. The number of anilines is 1. The Bertz CT molecular complexity index is 1190. The second-order valence-electron chi connectivity index (χ2n) is 6.04. The summed E-state index contributed by atoms with van der Waals surface area (Å²) in [6, 6.07) is 5.87. The molecule has 0 fully saturated rings. The lowest BCUT2D eigenvalue weighted by Crippen LogP contribution is -2.35. The van der Waals surface area contributed by atoms with Crippen LogP contribution >= 0.6 is 46.0 Å². The Morgan fingerprint density at radius 1 is 1.30 bits per heavy atom. The van der Waals surface area contributed by atoms with Crippen molar-refractivity contribution in [2.45, 2.75) is 31.8 Å². The highest BCUT2D eigenvalue weighted by molar-refractivity contribution is 8.08. The molecule has 2 aromatic heterocycles. The Labute approximate surface area is 174 Å². The standard InChI is InChI=1S/C19H19ClN3OS3/c1-4-22-9-10-25-14(22)11-15-23(5-2)18(24)17(26-15)19-21(3)13-8-6-7-12(20)16(13)27-19/h6-11H,4-5H2,1-3H3/q+1/b19-17+. The Balaban J connectivity index is 1.94. The summed E-state index contributed by atoms with van der Waals surface area (Å²) < 4.78 is 5.78. The van der Waals surface area contributed by atoms with Crippen molar-refractivity contribution in [3.63, 3.8) is 0 Å². The zero-order valence-electron chi connectivity index (χ0n) is 15.2. The maximum atomic E-state index is 13.1. The molecule has 0 saturated carbocycles. The maximum Gasteiger partial charge on any atom is 0.271 e. The van der Waals surface area contributed by atoms with Crippen molar-refractivity contribution in [3.05, 3.63) is 59.4 Å². The van der Waals surface area contributed by atoms with E-state index in [2.05, 4.69) is 34.0 Å². The van der Waals surface area contributed by atoms with Crippen LogP contribution in [0.2, 0.25) is 5.02 Å². The lowest BCUT2D eigenvalue weighted by molar-refractivity contribution is -0.690. The summed E-state index contributed by atoms with van der Waals surface area (Å²) in [7, 11) is 1.99. The quantitative estimate of drug-likeness (QED) is 0.591. The van der Waals surface area contributed by atoms with E-state index in [-0.39, 0.29) is 5.56 Å². The van der Waals surface area contributed by atoms with E-state index in [9.17, 15) is 4.79 Å². The van der Waals surface area contributed by atoms with E-state index in [1.165, 1.54) is 0 Å². The zero-order valence-corrected chi connectivity index (χ0v) is 18.4. The molecule has 0 N–H and O–H groups in total. The van der Waals surface area contributed by atoms with Gasteiger partial charge in [-0.05, 0) is 26.0 Å². The predicted molar refractivity (Wildman–Crippen MR) is 116 cm³/mol. The molecule has 0 aliphatic carbocycles. The van der Waals surface area contributed by atoms with Gasteiger partial charge in [0.15, 0.2) is 6.20 Å². The number of fused-ring (bicyclic) bond motifs is 1. The number of rotatable bonds is 3. The molecule has 0 radical (unpaired) electrons. The normalized spacial score (nSPS) is 16.3. The molecular formula is C19H19ClN3OS3+. The van der Waals surface area contributed by atoms with Crippen LogP contribution in [0, 0.1) is 0 Å². The van der Waals surface area contributed by atoms with Gasteiger partial charge in [0.1, 0.15) is 20.8 Å². The molecular weight excluding hydrogens is 418 g/mol. The van der Waals surface area contributed by atoms with E-state index in [1.54, 1.807) is 34.4 Å². The van der Waals surface area contributed by atoms with Gasteiger partial charge in [-0.2, -0.15) is 4.57 Å². The van der Waals surface area contributed by atoms with E-state index >= 15 is 0 Å². The summed E-state index contributed by atoms with van der Waals surface area (Å²) in [4.78, 5) is 16.2. The Morgan fingerprint density at radius 2 is 2.11 bits per heavy atom. The molecule has 0 atom stereocenters. The molecule has 3 heterocycles. The van der Waals surface area contributed by atoms with Gasteiger partial charge < -0.3 is 4.90 Å². The highest BCUT2D eigenvalue weighted by Gasteiger charge is 2.26. The molecule has 1 aliphatic rings. The number of halogens is 1. The van der Waals surface area contributed by atoms with Crippen molar-refractivity contribution >= 4 is 62.8 Å². The number of hydrogen-bond acceptors (Lipinski definition) is 5. The minimum atomic E-state index is 0.0617. The van der Waals surface area contributed by atoms with Gasteiger partial charge in [0.05, 0.1) is 27.1 Å². The van der Waals surface area contributed by atoms with Crippen molar-refractivity contribution in [2.75, 3.05) is 11.9 Å². The molecule has 0 amide bonds. The van der Waals surface area contributed by atoms with E-state index < -0.39 is 0 Å². The second-order valence-corrected chi connectivity index (χ2v) is 9.41. The van der Waals surface area contributed by atoms with Crippen LogP contribution in [0.3, 0.4) is 0 Å². The largest absolute Gasteiger partial charge is 0.337 e. The van der Waals surface area contributed by atoms with Crippen molar-refractivity contribution in [1.82, 2.24) is 4.57 Å². The maximum absolute atomic E-state index is 13.1. The fourth-order valence-electron chi connectivity index (χ4n) is 3.10. The Morgan fingerprint density at radius 3 is 2.81 bits per heavy atom. The number of thioether (sulfide) groups is 1. The first-order valence-corrected chi connectivity index (χ1v) is 11.6. The summed E-state index contributed by atoms with van der Waals surface area (Å²) in [5.74, 6) is 0. The summed E-state index contributed by atoms with van der Waals surface area (Å²) in [5.41, 5.74) is 1.11. The summed E-state index contributed by atoms with van der Waals surface area (Å²) in [6.45, 7) is 5.69. The third-order valence-corrected chi connectivity index (χ3v) is 8.37. The Kier molecular flexibility index (Phi) is 5.20. The second kappa shape index (κ2) is 7.47. The average molecular weight is 437 g/mol. The molecule has 4 rings (SSSR count). The third kappa shape index (κ3) is 3.16. The highest BCUT2D eigenvalue weighted by atomic mass is 35.5. The van der Waals surface area contributed by atoms with Gasteiger partial charge in [0, 0.05) is 13.6 Å². The van der Waals surface area contributed by atoms with Gasteiger partial charge in [-0.25, -0.2) is 0 Å². The molecule has 8 heteroatoms. The predicted octanol–water partition coefficient (Wildman–Crippen LogP) is 3.09. The van der Waals surface area contributed by atoms with Crippen molar-refractivity contribution < 1.29 is 4.57 Å². The highest BCUT2D eigenvalue weighted by Crippen LogP contribution is 2.48. The number of aryl methyl sites for hydroxylation is 1. The van der Waals surface area contributed by atoms with E-state index in [0.717, 1.165) is 41.4 Å². The first kappa shape index (κ1) is 18.8. The van der Waals surface area contributed by atoms with Crippen LogP contribution in [0.4, 0.5) is 5.69 Å². The van der Waals surface area contributed by atoms with Crippen LogP contribution in [-0.4, -0.2) is 11.6 Å². The van der Waals surface area contributed by atoms with Crippen molar-refractivity contribution in [3.8, 4) is 0 Å². The fourth-order valence-corrected chi connectivity index (χ4v) is 6.77. The van der Waals surface area contributed by atoms with Crippen molar-refractivity contribution in [1.29, 1.82) is 0 Å². The monoisotopic (exact) mass is 436 g/mol. The molecule has 0 spiro atoms. The smallest absolute Gasteiger partial charge is 0.271 e. The lowest BCUT2D eigenvalue weighted by Gasteiger charge is -2.12. The van der Waals surface area contributed by atoms with Gasteiger partial charge in [0.2, 0.25) is 0 Å². The van der Waals surface area contributed by atoms with Gasteiger partial charge in [0.25, 0.3) is 10.6 Å². The number of aromatic nitrogens is 2. The molecule has 140 valence electrons. The molecule has 4 nitrogen and oxygen atoms in total. The van der Waals surface area contributed by atoms with Crippen LogP contribution in [0.15, 0.2) is 39.5 Å². The van der Waals surface area contributed by atoms with Gasteiger partial charge in [-0.3, -0.25) is 9.36 Å². The number of benzene rings is 1. The van der Waals surface area contributed by atoms with E-state index in [1.807, 2.05) is 36.7 Å². The summed E-state index contributed by atoms with van der Waals surface area (Å²) in [6.07, 6.45) is 4.20. The molecule has 0 bridgehead atoms. The van der Waals surface area contributed by atoms with Crippen molar-refractivity contribution in [2.24, 2.45) is 0 Å². The minimum Gasteiger partial charge on any atom is -0.337 e. The minimum absolute atomic E-state index is 0.0617. The molecule has 1 aliphatic heterocycles. The van der Waals surface area contributed by atoms with Crippen LogP contribution in [-0.2, 0) is 13.1 Å². The lowest BCUT2D eigenvalue weighted by atomic mass is 10.3. The molecule has 1 aromatic carbocycles. The first-order valence-electron chi connectivity index (χ1n) is 8.67. The first-order chi connectivity index (χ1) is 13.0. The van der Waals surface area contributed by atoms with Gasteiger partial charge >= 0.3 is 0 Å². The third-order valence-electron chi connectivity index (χ3n) is 4.53. The molecule has 3 aromatic rings. The van der Waals surface area contributed by atoms with Gasteiger partial charge in [-0.15, -0.1) is 11.3 Å². The van der Waals surface area contributed by atoms with Crippen LogP contribution in [0.25, 0.3) is 11.1 Å². The molecule has 0 saturated heterocycles.